The van der Waals surface area contributed by atoms with E-state index < -0.39 is 0 Å². The van der Waals surface area contributed by atoms with E-state index in [0.29, 0.717) is 5.92 Å². The third kappa shape index (κ3) is 1.16. The van der Waals surface area contributed by atoms with Crippen molar-refractivity contribution in [1.29, 1.82) is 0 Å². The van der Waals surface area contributed by atoms with Crippen LogP contribution >= 0.6 is 15.9 Å². The number of halogens is 1. The number of benzene rings is 1. The minimum Gasteiger partial charge on any atom is -0.384 e. The van der Waals surface area contributed by atoms with Crippen molar-refractivity contribution in [2.24, 2.45) is 0 Å². The van der Waals surface area contributed by atoms with Crippen LogP contribution < -0.4 is 5.32 Å². The quantitative estimate of drug-likeness (QED) is 0.697. The molecule has 0 saturated carbocycles. The van der Waals surface area contributed by atoms with E-state index in [2.05, 4.69) is 46.4 Å². The van der Waals surface area contributed by atoms with Gasteiger partial charge in [0.1, 0.15) is 0 Å². The first kappa shape index (κ1) is 7.17. The lowest BCUT2D eigenvalue weighted by molar-refractivity contribution is 0.854. The molecule has 1 atom stereocenters. The second kappa shape index (κ2) is 2.52. The van der Waals surface area contributed by atoms with Crippen LogP contribution in [0.2, 0.25) is 0 Å². The summed E-state index contributed by atoms with van der Waals surface area (Å²) in [4.78, 5) is 0. The zero-order chi connectivity index (χ0) is 7.84. The van der Waals surface area contributed by atoms with E-state index in [9.17, 15) is 0 Å². The van der Waals surface area contributed by atoms with Gasteiger partial charge in [-0.05, 0) is 17.7 Å². The lowest BCUT2D eigenvalue weighted by atomic mass is 10.0. The third-order valence-electron chi connectivity index (χ3n) is 2.14. The molecule has 0 bridgehead atoms. The van der Waals surface area contributed by atoms with E-state index in [0.717, 1.165) is 11.0 Å². The molecule has 1 N–H and O–H groups in total. The first-order valence-electron chi connectivity index (χ1n) is 3.80. The lowest BCUT2D eigenvalue weighted by Gasteiger charge is -2.01. The molecule has 0 fully saturated rings. The fraction of sp³-hybridized carbons (Fsp3) is 0.333. The van der Waals surface area contributed by atoms with E-state index in [-0.39, 0.29) is 0 Å². The Morgan fingerprint density at radius 3 is 3.18 bits per heavy atom. The summed E-state index contributed by atoms with van der Waals surface area (Å²) in [5, 5.41) is 3.36. The van der Waals surface area contributed by atoms with Crippen LogP contribution in [0.25, 0.3) is 0 Å². The minimum atomic E-state index is 0.665. The molecule has 0 aromatic heterocycles. The Hall–Kier alpha value is -0.500. The van der Waals surface area contributed by atoms with Crippen molar-refractivity contribution in [3.8, 4) is 0 Å². The second-order valence-electron chi connectivity index (χ2n) is 3.01. The Balaban J connectivity index is 2.50. The van der Waals surface area contributed by atoms with Crippen molar-refractivity contribution >= 4 is 21.6 Å². The van der Waals surface area contributed by atoms with Crippen LogP contribution in [0, 0.1) is 0 Å². The van der Waals surface area contributed by atoms with Crippen LogP contribution in [0.5, 0.6) is 0 Å². The van der Waals surface area contributed by atoms with Crippen molar-refractivity contribution in [3.05, 3.63) is 28.2 Å². The summed E-state index contributed by atoms with van der Waals surface area (Å²) in [5.41, 5.74) is 2.72. The zero-order valence-corrected chi connectivity index (χ0v) is 7.98. The second-order valence-corrected chi connectivity index (χ2v) is 3.93. The Morgan fingerprint density at radius 1 is 1.55 bits per heavy atom. The molecule has 2 heteroatoms. The summed E-state index contributed by atoms with van der Waals surface area (Å²) in [7, 11) is 0. The number of rotatable bonds is 0. The standard InChI is InChI=1S/C9H10BrN/c1-6-5-11-9-4-7(10)2-3-8(6)9/h2-4,6,11H,5H2,1H3. The van der Waals surface area contributed by atoms with Gasteiger partial charge in [-0.1, -0.05) is 28.9 Å². The summed E-state index contributed by atoms with van der Waals surface area (Å²) < 4.78 is 1.15. The number of hydrogen-bond acceptors (Lipinski definition) is 1. The van der Waals surface area contributed by atoms with Crippen molar-refractivity contribution in [1.82, 2.24) is 0 Å². The predicted octanol–water partition coefficient (Wildman–Crippen LogP) is 2.98. The molecule has 2 rings (SSSR count). The van der Waals surface area contributed by atoms with Crippen LogP contribution in [-0.2, 0) is 0 Å². The summed E-state index contributed by atoms with van der Waals surface area (Å²) in [6, 6.07) is 6.42. The highest BCUT2D eigenvalue weighted by Crippen LogP contribution is 2.32. The first-order chi connectivity index (χ1) is 5.27. The largest absolute Gasteiger partial charge is 0.384 e. The molecule has 0 radical (unpaired) electrons. The molecule has 11 heavy (non-hydrogen) atoms. The summed E-state index contributed by atoms with van der Waals surface area (Å²) >= 11 is 3.44. The molecule has 0 spiro atoms. The maximum atomic E-state index is 3.44. The van der Waals surface area contributed by atoms with E-state index in [1.807, 2.05) is 0 Å². The average molecular weight is 212 g/mol. The Labute approximate surface area is 74.9 Å². The van der Waals surface area contributed by atoms with Gasteiger partial charge in [-0.25, -0.2) is 0 Å². The highest BCUT2D eigenvalue weighted by molar-refractivity contribution is 9.10. The van der Waals surface area contributed by atoms with Gasteiger partial charge in [0.15, 0.2) is 0 Å². The SMILES string of the molecule is CC1CNc2cc(Br)ccc21. The molecule has 1 heterocycles. The van der Waals surface area contributed by atoms with Crippen molar-refractivity contribution in [2.45, 2.75) is 12.8 Å². The normalized spacial score (nSPS) is 21.1. The maximum Gasteiger partial charge on any atom is 0.0387 e. The molecule has 1 aromatic rings. The summed E-state index contributed by atoms with van der Waals surface area (Å²) in [6.07, 6.45) is 0. The molecule has 0 saturated heterocycles. The predicted molar refractivity (Wildman–Crippen MR) is 51.0 cm³/mol. The molecule has 1 aliphatic heterocycles. The van der Waals surface area contributed by atoms with Gasteiger partial charge in [0, 0.05) is 22.6 Å². The first-order valence-corrected chi connectivity index (χ1v) is 4.60. The van der Waals surface area contributed by atoms with Crippen molar-refractivity contribution in [3.63, 3.8) is 0 Å². The van der Waals surface area contributed by atoms with Gasteiger partial charge in [0.25, 0.3) is 0 Å². The van der Waals surface area contributed by atoms with Gasteiger partial charge in [-0.3, -0.25) is 0 Å². The van der Waals surface area contributed by atoms with Crippen LogP contribution in [0.3, 0.4) is 0 Å². The van der Waals surface area contributed by atoms with E-state index in [1.54, 1.807) is 0 Å². The van der Waals surface area contributed by atoms with E-state index >= 15 is 0 Å². The smallest absolute Gasteiger partial charge is 0.0387 e. The summed E-state index contributed by atoms with van der Waals surface area (Å²) in [6.45, 7) is 3.32. The van der Waals surface area contributed by atoms with Gasteiger partial charge in [-0.2, -0.15) is 0 Å². The van der Waals surface area contributed by atoms with Gasteiger partial charge in [-0.15, -0.1) is 0 Å². The molecule has 1 aromatic carbocycles. The average Bonchev–Trinajstić information content (AvgIpc) is 2.32. The fourth-order valence-corrected chi connectivity index (χ4v) is 1.85. The van der Waals surface area contributed by atoms with Gasteiger partial charge >= 0.3 is 0 Å². The number of nitrogens with one attached hydrogen (secondary N) is 1. The lowest BCUT2D eigenvalue weighted by Crippen LogP contribution is -1.95. The third-order valence-corrected chi connectivity index (χ3v) is 2.64. The highest BCUT2D eigenvalue weighted by atomic mass is 79.9. The van der Waals surface area contributed by atoms with E-state index in [1.165, 1.54) is 11.3 Å². The van der Waals surface area contributed by atoms with Gasteiger partial charge in [0.05, 0.1) is 0 Å². The Kier molecular flexibility index (Phi) is 1.64. The van der Waals surface area contributed by atoms with Gasteiger partial charge in [0.2, 0.25) is 0 Å². The van der Waals surface area contributed by atoms with Crippen LogP contribution in [-0.4, -0.2) is 6.54 Å². The molecule has 1 nitrogen and oxygen atoms in total. The molecule has 1 aliphatic rings. The topological polar surface area (TPSA) is 12.0 Å². The number of fused-ring (bicyclic) bond motifs is 1. The fourth-order valence-electron chi connectivity index (χ4n) is 1.48. The molecular formula is C9H10BrN. The van der Waals surface area contributed by atoms with Crippen LogP contribution in [0.4, 0.5) is 5.69 Å². The number of hydrogen-bond donors (Lipinski definition) is 1. The molecule has 0 aliphatic carbocycles. The zero-order valence-electron chi connectivity index (χ0n) is 6.39. The molecule has 1 unspecified atom stereocenters. The van der Waals surface area contributed by atoms with Crippen molar-refractivity contribution < 1.29 is 0 Å². The summed E-state index contributed by atoms with van der Waals surface area (Å²) in [5.74, 6) is 0.665. The monoisotopic (exact) mass is 211 g/mol. The number of anilines is 1. The maximum absolute atomic E-state index is 3.44. The minimum absolute atomic E-state index is 0.665. The Bertz CT molecular complexity index is 283. The van der Waals surface area contributed by atoms with Crippen LogP contribution in [0.1, 0.15) is 18.4 Å². The van der Waals surface area contributed by atoms with E-state index in [4.69, 9.17) is 0 Å². The van der Waals surface area contributed by atoms with Crippen molar-refractivity contribution in [2.75, 3.05) is 11.9 Å². The van der Waals surface area contributed by atoms with Gasteiger partial charge < -0.3 is 5.32 Å². The molecular weight excluding hydrogens is 202 g/mol. The molecule has 58 valence electrons. The van der Waals surface area contributed by atoms with Crippen LogP contribution in [0.15, 0.2) is 22.7 Å². The Morgan fingerprint density at radius 2 is 2.36 bits per heavy atom. The highest BCUT2D eigenvalue weighted by Gasteiger charge is 2.16. The molecule has 0 amide bonds.